The largest absolute Gasteiger partial charge is 0.507 e. The molecule has 0 atom stereocenters. The van der Waals surface area contributed by atoms with Gasteiger partial charge in [0.1, 0.15) is 5.75 Å². The Labute approximate surface area is 360 Å². The maximum Gasteiger partial charge on any atom is 0.124 e. The maximum atomic E-state index is 11.1. The second kappa shape index (κ2) is 15.4. The smallest absolute Gasteiger partial charge is 0.124 e. The first-order valence-electron chi connectivity index (χ1n) is 21.4. The molecular formula is C57H53N3O. The van der Waals surface area contributed by atoms with E-state index in [1.54, 1.807) is 6.07 Å². The molecule has 0 saturated carbocycles. The van der Waals surface area contributed by atoms with Crippen LogP contribution in [0.2, 0.25) is 0 Å². The fourth-order valence-corrected chi connectivity index (χ4v) is 8.62. The zero-order valence-corrected chi connectivity index (χ0v) is 36.5. The highest BCUT2D eigenvalue weighted by Crippen LogP contribution is 2.43. The van der Waals surface area contributed by atoms with Crippen molar-refractivity contribution in [3.05, 3.63) is 181 Å². The van der Waals surface area contributed by atoms with Crippen molar-refractivity contribution in [2.45, 2.75) is 72.1 Å². The molecule has 0 fully saturated rings. The molecule has 61 heavy (non-hydrogen) atoms. The Bertz CT molecular complexity index is 3050. The van der Waals surface area contributed by atoms with Crippen LogP contribution >= 0.6 is 0 Å². The minimum absolute atomic E-state index is 0.0398. The van der Waals surface area contributed by atoms with Crippen molar-refractivity contribution < 1.29 is 5.11 Å². The number of benzene rings is 6. The number of hydrogen-bond donors (Lipinski definition) is 1. The Hall–Kier alpha value is -6.78. The Morgan fingerprint density at radius 1 is 0.508 bits per heavy atom. The van der Waals surface area contributed by atoms with Crippen LogP contribution < -0.4 is 0 Å². The van der Waals surface area contributed by atoms with E-state index in [-0.39, 0.29) is 16.6 Å². The minimum Gasteiger partial charge on any atom is -0.507 e. The first-order valence-corrected chi connectivity index (χ1v) is 21.4. The third-order valence-corrected chi connectivity index (χ3v) is 12.0. The molecule has 0 spiro atoms. The summed E-state index contributed by atoms with van der Waals surface area (Å²) < 4.78 is 2.43. The van der Waals surface area contributed by atoms with Crippen molar-refractivity contribution >= 4 is 21.8 Å². The average Bonchev–Trinajstić information content (AvgIpc) is 3.60. The predicted molar refractivity (Wildman–Crippen MR) is 257 cm³/mol. The molecule has 0 aliphatic rings. The van der Waals surface area contributed by atoms with Crippen LogP contribution in [-0.4, -0.2) is 19.6 Å². The number of rotatable bonds is 7. The molecule has 0 radical (unpaired) electrons. The molecular weight excluding hydrogens is 743 g/mol. The normalized spacial score (nSPS) is 12.1. The lowest BCUT2D eigenvalue weighted by Crippen LogP contribution is -2.16. The van der Waals surface area contributed by atoms with E-state index >= 15 is 0 Å². The zero-order valence-electron chi connectivity index (χ0n) is 36.5. The number of para-hydroxylation sites is 3. The predicted octanol–water partition coefficient (Wildman–Crippen LogP) is 15.3. The second-order valence-corrected chi connectivity index (χ2v) is 18.7. The molecule has 9 aromatic rings. The summed E-state index contributed by atoms with van der Waals surface area (Å²) in [5, 5.41) is 13.6. The molecule has 0 amide bonds. The number of aromatic hydroxyl groups is 1. The number of nitrogens with zero attached hydrogens (tertiary/aromatic N) is 3. The number of phenolic OH excluding ortho intramolecular Hbond substituents is 1. The Balaban J connectivity index is 1.22. The summed E-state index contributed by atoms with van der Waals surface area (Å²) in [5.41, 5.74) is 16.9. The third-order valence-electron chi connectivity index (χ3n) is 12.0. The molecule has 6 aromatic carbocycles. The van der Waals surface area contributed by atoms with E-state index in [1.165, 1.54) is 44.1 Å². The van der Waals surface area contributed by atoms with Gasteiger partial charge in [-0.05, 0) is 111 Å². The van der Waals surface area contributed by atoms with Gasteiger partial charge >= 0.3 is 0 Å². The van der Waals surface area contributed by atoms with Gasteiger partial charge in [-0.1, -0.05) is 152 Å². The summed E-state index contributed by atoms with van der Waals surface area (Å²) in [6.45, 7) is 18.2. The van der Waals surface area contributed by atoms with E-state index in [0.717, 1.165) is 50.6 Å². The number of phenols is 1. The van der Waals surface area contributed by atoms with Gasteiger partial charge in [0.2, 0.25) is 0 Å². The number of aromatic nitrogens is 3. The molecule has 4 nitrogen and oxygen atoms in total. The Kier molecular flexibility index (Phi) is 9.99. The van der Waals surface area contributed by atoms with Crippen LogP contribution in [0.4, 0.5) is 0 Å². The van der Waals surface area contributed by atoms with Crippen molar-refractivity contribution in [2.75, 3.05) is 0 Å². The lowest BCUT2D eigenvalue weighted by Gasteiger charge is -2.26. The van der Waals surface area contributed by atoms with Gasteiger partial charge in [-0.2, -0.15) is 0 Å². The summed E-state index contributed by atoms with van der Waals surface area (Å²) in [5.74, 6) is 0.496. The van der Waals surface area contributed by atoms with Crippen molar-refractivity contribution in [1.29, 1.82) is 0 Å². The second-order valence-electron chi connectivity index (χ2n) is 18.7. The van der Waals surface area contributed by atoms with Crippen molar-refractivity contribution in [3.63, 3.8) is 0 Å². The van der Waals surface area contributed by atoms with Crippen LogP contribution in [-0.2, 0) is 10.8 Å². The molecule has 0 unspecified atom stereocenters. The lowest BCUT2D eigenvalue weighted by molar-refractivity contribution is 0.477. The van der Waals surface area contributed by atoms with E-state index in [0.29, 0.717) is 11.5 Å². The highest BCUT2D eigenvalue weighted by atomic mass is 16.3. The highest BCUT2D eigenvalue weighted by molar-refractivity contribution is 6.14. The number of pyridine rings is 2. The SMILES string of the molecule is CC(C)c1ccc2c3ccccc3n(-c3ccccc3)c2c1-c1ccnc(-c2cccc(-c3cc(-c4cc(C(C)(C)C)cc(C(C)(C)C)c4)cc(-c4ccccc4O)n3)c2)c1. The molecule has 4 heteroatoms. The van der Waals surface area contributed by atoms with Crippen molar-refractivity contribution in [3.8, 4) is 67.5 Å². The van der Waals surface area contributed by atoms with Crippen LogP contribution in [0.15, 0.2) is 164 Å². The summed E-state index contributed by atoms with van der Waals surface area (Å²) in [6, 6.07) is 55.7. The molecule has 0 saturated heterocycles. The van der Waals surface area contributed by atoms with Gasteiger partial charge in [0.25, 0.3) is 0 Å². The molecule has 0 aliphatic heterocycles. The summed E-state index contributed by atoms with van der Waals surface area (Å²) in [4.78, 5) is 10.2. The van der Waals surface area contributed by atoms with Gasteiger partial charge in [0.15, 0.2) is 0 Å². The minimum atomic E-state index is -0.0398. The zero-order chi connectivity index (χ0) is 42.6. The summed E-state index contributed by atoms with van der Waals surface area (Å²) >= 11 is 0. The van der Waals surface area contributed by atoms with Gasteiger partial charge in [0.05, 0.1) is 28.1 Å². The lowest BCUT2D eigenvalue weighted by atomic mass is 9.79. The molecule has 0 bridgehead atoms. The van der Waals surface area contributed by atoms with Gasteiger partial charge in [-0.3, -0.25) is 4.98 Å². The van der Waals surface area contributed by atoms with Crippen molar-refractivity contribution in [2.24, 2.45) is 0 Å². The van der Waals surface area contributed by atoms with E-state index in [1.807, 2.05) is 24.4 Å². The highest BCUT2D eigenvalue weighted by Gasteiger charge is 2.24. The van der Waals surface area contributed by atoms with Crippen LogP contribution in [0.25, 0.3) is 83.5 Å². The molecule has 0 aliphatic carbocycles. The fourth-order valence-electron chi connectivity index (χ4n) is 8.62. The quantitative estimate of drug-likeness (QED) is 0.175. The van der Waals surface area contributed by atoms with Crippen LogP contribution in [0.5, 0.6) is 5.75 Å². The van der Waals surface area contributed by atoms with Gasteiger partial charge in [-0.15, -0.1) is 0 Å². The molecule has 3 heterocycles. The monoisotopic (exact) mass is 795 g/mol. The van der Waals surface area contributed by atoms with Crippen LogP contribution in [0.1, 0.15) is 78.0 Å². The average molecular weight is 796 g/mol. The molecule has 302 valence electrons. The maximum absolute atomic E-state index is 11.1. The van der Waals surface area contributed by atoms with Gasteiger partial charge < -0.3 is 9.67 Å². The first kappa shape index (κ1) is 39.7. The van der Waals surface area contributed by atoms with E-state index in [2.05, 4.69) is 193 Å². The standard InChI is InChI=1S/C57H53N3O/c1-36(2)45-25-26-47-46-21-12-14-23-52(46)60(44-19-10-9-11-20-44)55(47)54(45)39-27-28-58-49(32-39)37-17-16-18-38(29-37)50-33-41(34-51(59-50)48-22-13-15-24-53(48)61)40-30-42(56(3,4)5)35-43(31-40)57(6,7)8/h9-36,61H,1-8H3. The van der Waals surface area contributed by atoms with E-state index in [4.69, 9.17) is 9.97 Å². The Morgan fingerprint density at radius 2 is 1.13 bits per heavy atom. The van der Waals surface area contributed by atoms with Crippen molar-refractivity contribution in [1.82, 2.24) is 14.5 Å². The van der Waals surface area contributed by atoms with Crippen LogP contribution in [0, 0.1) is 0 Å². The van der Waals surface area contributed by atoms with Crippen LogP contribution in [0.3, 0.4) is 0 Å². The number of fused-ring (bicyclic) bond motifs is 3. The van der Waals surface area contributed by atoms with E-state index < -0.39 is 0 Å². The van der Waals surface area contributed by atoms with Gasteiger partial charge in [-0.25, -0.2) is 4.98 Å². The molecule has 9 rings (SSSR count). The first-order chi connectivity index (χ1) is 29.2. The third kappa shape index (κ3) is 7.52. The molecule has 3 aromatic heterocycles. The summed E-state index contributed by atoms with van der Waals surface area (Å²) in [6.07, 6.45) is 1.94. The van der Waals surface area contributed by atoms with E-state index in [9.17, 15) is 5.11 Å². The fraction of sp³-hybridized carbons (Fsp3) is 0.193. The van der Waals surface area contributed by atoms with Gasteiger partial charge in [0, 0.05) is 44.9 Å². The topological polar surface area (TPSA) is 50.9 Å². The Morgan fingerprint density at radius 3 is 1.84 bits per heavy atom. The molecule has 1 N–H and O–H groups in total. The number of hydrogen-bond acceptors (Lipinski definition) is 3. The summed E-state index contributed by atoms with van der Waals surface area (Å²) in [7, 11) is 0.